The van der Waals surface area contributed by atoms with Crippen LogP contribution in [0.4, 0.5) is 9.18 Å². The number of fused-ring (bicyclic) bond motifs is 1. The van der Waals surface area contributed by atoms with Crippen LogP contribution in [0.5, 0.6) is 0 Å². The van der Waals surface area contributed by atoms with E-state index in [0.717, 1.165) is 20.1 Å². The topological polar surface area (TPSA) is 71.5 Å². The van der Waals surface area contributed by atoms with Gasteiger partial charge in [-0.3, -0.25) is 4.79 Å². The van der Waals surface area contributed by atoms with Gasteiger partial charge in [-0.2, -0.15) is 0 Å². The Morgan fingerprint density at radius 3 is 2.75 bits per heavy atom. The molecule has 1 saturated heterocycles. The van der Waals surface area contributed by atoms with Crippen molar-refractivity contribution in [2.45, 2.75) is 36.0 Å². The quantitative estimate of drug-likeness (QED) is 0.506. The number of carbonyl (C=O) groups excluding carboxylic acids is 2. The van der Waals surface area contributed by atoms with Crippen molar-refractivity contribution in [1.82, 2.24) is 15.2 Å². The molecule has 2 heterocycles. The summed E-state index contributed by atoms with van der Waals surface area (Å²) in [6.45, 7) is 0.415. The molecule has 1 fully saturated rings. The lowest BCUT2D eigenvalue weighted by Gasteiger charge is -2.34. The molecule has 0 bridgehead atoms. The number of para-hydroxylation sites is 1. The number of benzene rings is 2. The Hall–Kier alpha value is -2.65. The van der Waals surface area contributed by atoms with Gasteiger partial charge in [-0.25, -0.2) is 14.2 Å². The molecule has 1 N–H and O–H groups in total. The van der Waals surface area contributed by atoms with Crippen LogP contribution in [0.2, 0.25) is 0 Å². The van der Waals surface area contributed by atoms with Crippen molar-refractivity contribution in [1.29, 1.82) is 0 Å². The second-order valence-corrected chi connectivity index (χ2v) is 9.88. The first-order valence-corrected chi connectivity index (χ1v) is 12.3. The first-order valence-electron chi connectivity index (χ1n) is 10.5. The number of aromatic nitrogens is 1. The zero-order valence-electron chi connectivity index (χ0n) is 17.4. The van der Waals surface area contributed by atoms with E-state index in [1.807, 2.05) is 54.6 Å². The van der Waals surface area contributed by atoms with E-state index in [1.54, 1.807) is 11.3 Å². The highest BCUT2D eigenvalue weighted by Crippen LogP contribution is 2.29. The Morgan fingerprint density at radius 2 is 1.97 bits per heavy atom. The molecular weight excluding hydrogens is 449 g/mol. The lowest BCUT2D eigenvalue weighted by molar-refractivity contribution is -0.122. The van der Waals surface area contributed by atoms with E-state index in [-0.39, 0.29) is 25.5 Å². The molecule has 1 aliphatic heterocycles. The summed E-state index contributed by atoms with van der Waals surface area (Å²) in [5.74, 6) is 0.388. The molecule has 0 spiro atoms. The number of nitrogens with one attached hydrogen (secondary N) is 1. The van der Waals surface area contributed by atoms with Gasteiger partial charge in [-0.05, 0) is 24.1 Å². The number of halogens is 1. The smallest absolute Gasteiger partial charge is 0.410 e. The van der Waals surface area contributed by atoms with Crippen molar-refractivity contribution in [3.8, 4) is 0 Å². The van der Waals surface area contributed by atoms with E-state index in [1.165, 1.54) is 16.7 Å². The van der Waals surface area contributed by atoms with Gasteiger partial charge in [0.15, 0.2) is 4.34 Å². The normalized spacial score (nSPS) is 18.5. The molecule has 0 aliphatic carbocycles. The maximum Gasteiger partial charge on any atom is 0.410 e. The van der Waals surface area contributed by atoms with Gasteiger partial charge in [0.2, 0.25) is 5.91 Å². The molecule has 168 valence electrons. The van der Waals surface area contributed by atoms with Crippen LogP contribution in [0.15, 0.2) is 58.9 Å². The Bertz CT molecular complexity index is 1030. The average Bonchev–Trinajstić information content (AvgIpc) is 3.22. The van der Waals surface area contributed by atoms with Crippen molar-refractivity contribution in [2.75, 3.05) is 18.8 Å². The Kier molecular flexibility index (Phi) is 7.59. The minimum Gasteiger partial charge on any atom is -0.445 e. The second-order valence-electron chi connectivity index (χ2n) is 7.51. The minimum atomic E-state index is -1.33. The maximum absolute atomic E-state index is 14.6. The highest BCUT2D eigenvalue weighted by atomic mass is 32.2. The van der Waals surface area contributed by atoms with Crippen molar-refractivity contribution in [2.24, 2.45) is 0 Å². The summed E-state index contributed by atoms with van der Waals surface area (Å²) in [7, 11) is 0. The fourth-order valence-corrected chi connectivity index (χ4v) is 5.54. The van der Waals surface area contributed by atoms with Crippen LogP contribution in [0.3, 0.4) is 0 Å². The molecule has 6 nitrogen and oxygen atoms in total. The second kappa shape index (κ2) is 10.8. The van der Waals surface area contributed by atoms with Gasteiger partial charge in [-0.15, -0.1) is 11.3 Å². The summed E-state index contributed by atoms with van der Waals surface area (Å²) >= 11 is 3.13. The van der Waals surface area contributed by atoms with Gasteiger partial charge >= 0.3 is 6.09 Å². The van der Waals surface area contributed by atoms with E-state index < -0.39 is 18.3 Å². The van der Waals surface area contributed by atoms with E-state index >= 15 is 0 Å². The molecular formula is C23H24FN3O3S2. The van der Waals surface area contributed by atoms with Crippen LogP contribution >= 0.6 is 23.1 Å². The molecule has 2 amide bonds. The van der Waals surface area contributed by atoms with Crippen LogP contribution in [0, 0.1) is 0 Å². The number of amides is 2. The fourth-order valence-electron chi connectivity index (χ4n) is 3.47. The number of thiazole rings is 1. The van der Waals surface area contributed by atoms with Crippen molar-refractivity contribution in [3.63, 3.8) is 0 Å². The molecule has 1 aromatic heterocycles. The molecule has 2 unspecified atom stereocenters. The standard InChI is InChI=1S/C23H24FN3O3S2/c24-17-14-27(23(29)30-15-16-6-2-1-3-7-16)12-10-18(17)25-21(28)11-13-31-22-26-19-8-4-5-9-20(19)32-22/h1-9,17-18H,10-15H2,(H,25,28). The number of ether oxygens (including phenoxy) is 1. The molecule has 3 aromatic rings. The highest BCUT2D eigenvalue weighted by Gasteiger charge is 2.33. The Balaban J connectivity index is 1.17. The molecule has 2 atom stereocenters. The van der Waals surface area contributed by atoms with E-state index in [0.29, 0.717) is 18.7 Å². The van der Waals surface area contributed by atoms with Gasteiger partial charge in [0, 0.05) is 18.7 Å². The fraction of sp³-hybridized carbons (Fsp3) is 0.348. The number of carbonyl (C=O) groups is 2. The van der Waals surface area contributed by atoms with E-state index in [4.69, 9.17) is 4.74 Å². The van der Waals surface area contributed by atoms with Gasteiger partial charge in [0.25, 0.3) is 0 Å². The summed E-state index contributed by atoms with van der Waals surface area (Å²) < 4.78 is 21.9. The molecule has 0 radical (unpaired) electrons. The summed E-state index contributed by atoms with van der Waals surface area (Å²) in [6, 6.07) is 16.7. The number of nitrogens with zero attached hydrogens (tertiary/aromatic N) is 2. The average molecular weight is 474 g/mol. The zero-order chi connectivity index (χ0) is 22.3. The highest BCUT2D eigenvalue weighted by molar-refractivity contribution is 8.01. The number of thioether (sulfide) groups is 1. The summed E-state index contributed by atoms with van der Waals surface area (Å²) in [4.78, 5) is 30.4. The third-order valence-electron chi connectivity index (χ3n) is 5.18. The van der Waals surface area contributed by atoms with Gasteiger partial charge < -0.3 is 15.0 Å². The molecule has 9 heteroatoms. The Morgan fingerprint density at radius 1 is 1.19 bits per heavy atom. The predicted octanol–water partition coefficient (Wildman–Crippen LogP) is 4.64. The maximum atomic E-state index is 14.6. The van der Waals surface area contributed by atoms with Crippen LogP contribution in [-0.2, 0) is 16.1 Å². The van der Waals surface area contributed by atoms with Crippen LogP contribution in [-0.4, -0.2) is 52.9 Å². The van der Waals surface area contributed by atoms with Crippen molar-refractivity contribution < 1.29 is 18.7 Å². The van der Waals surface area contributed by atoms with Gasteiger partial charge in [0.1, 0.15) is 12.8 Å². The number of piperidine rings is 1. The van der Waals surface area contributed by atoms with Crippen LogP contribution < -0.4 is 5.32 Å². The van der Waals surface area contributed by atoms with E-state index in [9.17, 15) is 14.0 Å². The third-order valence-corrected chi connectivity index (χ3v) is 7.36. The summed E-state index contributed by atoms with van der Waals surface area (Å²) in [6.07, 6.45) is -1.22. The number of hydrogen-bond acceptors (Lipinski definition) is 6. The van der Waals surface area contributed by atoms with Crippen LogP contribution in [0.1, 0.15) is 18.4 Å². The largest absolute Gasteiger partial charge is 0.445 e. The molecule has 2 aromatic carbocycles. The molecule has 4 rings (SSSR count). The molecule has 1 aliphatic rings. The Labute approximate surface area is 194 Å². The first kappa shape index (κ1) is 22.5. The lowest BCUT2D eigenvalue weighted by atomic mass is 10.0. The summed E-state index contributed by atoms with van der Waals surface area (Å²) in [5.41, 5.74) is 1.84. The summed E-state index contributed by atoms with van der Waals surface area (Å²) in [5, 5.41) is 2.78. The van der Waals surface area contributed by atoms with Crippen molar-refractivity contribution >= 4 is 45.3 Å². The van der Waals surface area contributed by atoms with Crippen LogP contribution in [0.25, 0.3) is 10.2 Å². The van der Waals surface area contributed by atoms with Gasteiger partial charge in [-0.1, -0.05) is 54.2 Å². The van der Waals surface area contributed by atoms with Gasteiger partial charge in [0.05, 0.1) is 22.8 Å². The monoisotopic (exact) mass is 473 g/mol. The molecule has 0 saturated carbocycles. The first-order chi connectivity index (χ1) is 15.6. The number of alkyl halides is 1. The number of hydrogen-bond donors (Lipinski definition) is 1. The minimum absolute atomic E-state index is 0.0843. The lowest BCUT2D eigenvalue weighted by Crippen LogP contribution is -2.53. The number of likely N-dealkylation sites (tertiary alicyclic amines) is 1. The third kappa shape index (κ3) is 5.98. The van der Waals surface area contributed by atoms with Crippen molar-refractivity contribution in [3.05, 3.63) is 60.2 Å². The SMILES string of the molecule is O=C(CCSc1nc2ccccc2s1)NC1CCN(C(=O)OCc2ccccc2)CC1F. The van der Waals surface area contributed by atoms with E-state index in [2.05, 4.69) is 10.3 Å². The number of rotatable bonds is 7. The predicted molar refractivity (Wildman–Crippen MR) is 125 cm³/mol. The zero-order valence-corrected chi connectivity index (χ0v) is 19.0. The molecule has 32 heavy (non-hydrogen) atoms.